The van der Waals surface area contributed by atoms with Gasteiger partial charge in [0.25, 0.3) is 10.0 Å². The Kier molecular flexibility index (Phi) is 8.06. The fourth-order valence-corrected chi connectivity index (χ4v) is 5.88. The van der Waals surface area contributed by atoms with Gasteiger partial charge in [-0.05, 0) is 32.0 Å². The molecule has 1 unspecified atom stereocenters. The Morgan fingerprint density at radius 3 is 2.52 bits per heavy atom. The molecule has 160 valence electrons. The molecule has 1 atom stereocenters. The van der Waals surface area contributed by atoms with Crippen LogP contribution < -0.4 is 15.4 Å². The zero-order chi connectivity index (χ0) is 21.6. The molecule has 0 fully saturated rings. The van der Waals surface area contributed by atoms with Crippen molar-refractivity contribution in [2.24, 2.45) is 0 Å². The van der Waals surface area contributed by atoms with Crippen molar-refractivity contribution >= 4 is 27.4 Å². The number of thiophene rings is 1. The molecule has 0 spiro atoms. The monoisotopic (exact) mass is 439 g/mol. The maximum absolute atomic E-state index is 12.6. The quantitative estimate of drug-likeness (QED) is 0.624. The van der Waals surface area contributed by atoms with E-state index >= 15 is 0 Å². The van der Waals surface area contributed by atoms with Gasteiger partial charge in [-0.15, -0.1) is 11.3 Å². The molecule has 9 heteroatoms. The summed E-state index contributed by atoms with van der Waals surface area (Å²) in [5.41, 5.74) is 1.97. The Morgan fingerprint density at radius 2 is 1.90 bits per heavy atom. The number of carbonyl (C=O) groups is 1. The van der Waals surface area contributed by atoms with Crippen molar-refractivity contribution in [2.45, 2.75) is 44.5 Å². The first-order chi connectivity index (χ1) is 13.7. The first-order valence-electron chi connectivity index (χ1n) is 9.50. The lowest BCUT2D eigenvalue weighted by Gasteiger charge is -2.18. The third kappa shape index (κ3) is 5.71. The van der Waals surface area contributed by atoms with Gasteiger partial charge in [-0.3, -0.25) is 0 Å². The number of hydrogen-bond donors (Lipinski definition) is 2. The fourth-order valence-electron chi connectivity index (χ4n) is 2.97. The molecule has 0 saturated heterocycles. The first kappa shape index (κ1) is 23.2. The van der Waals surface area contributed by atoms with Crippen molar-refractivity contribution in [1.29, 1.82) is 0 Å². The predicted molar refractivity (Wildman–Crippen MR) is 116 cm³/mol. The highest BCUT2D eigenvalue weighted by molar-refractivity contribution is 7.91. The lowest BCUT2D eigenvalue weighted by molar-refractivity contribution is 0.237. The van der Waals surface area contributed by atoms with Crippen LogP contribution in [0.2, 0.25) is 0 Å². The average molecular weight is 440 g/mol. The van der Waals surface area contributed by atoms with Gasteiger partial charge in [0.1, 0.15) is 9.96 Å². The summed E-state index contributed by atoms with van der Waals surface area (Å²) in [5.74, 6) is 0.716. The van der Waals surface area contributed by atoms with Crippen molar-refractivity contribution < 1.29 is 17.9 Å². The largest absolute Gasteiger partial charge is 0.496 e. The highest BCUT2D eigenvalue weighted by atomic mass is 32.2. The second-order valence-corrected chi connectivity index (χ2v) is 9.94. The van der Waals surface area contributed by atoms with Crippen LogP contribution in [0.25, 0.3) is 0 Å². The zero-order valence-corrected chi connectivity index (χ0v) is 19.1. The Balaban J connectivity index is 1.98. The van der Waals surface area contributed by atoms with E-state index in [2.05, 4.69) is 10.6 Å². The van der Waals surface area contributed by atoms with Crippen molar-refractivity contribution in [3.63, 3.8) is 0 Å². The van der Waals surface area contributed by atoms with Gasteiger partial charge in [0, 0.05) is 23.5 Å². The number of rotatable bonds is 9. The Bertz CT molecular complexity index is 937. The van der Waals surface area contributed by atoms with Crippen LogP contribution in [0.5, 0.6) is 5.75 Å². The Labute approximate surface area is 177 Å². The third-order valence-corrected chi connectivity index (χ3v) is 8.16. The summed E-state index contributed by atoms with van der Waals surface area (Å²) in [5, 5.41) is 5.67. The van der Waals surface area contributed by atoms with Crippen molar-refractivity contribution in [3.05, 3.63) is 46.3 Å². The van der Waals surface area contributed by atoms with Crippen molar-refractivity contribution in [3.8, 4) is 5.75 Å². The highest BCUT2D eigenvalue weighted by Gasteiger charge is 2.23. The van der Waals surface area contributed by atoms with Crippen LogP contribution in [0.1, 0.15) is 42.8 Å². The van der Waals surface area contributed by atoms with Gasteiger partial charge in [0.05, 0.1) is 19.7 Å². The average Bonchev–Trinajstić information content (AvgIpc) is 3.17. The van der Waals surface area contributed by atoms with E-state index in [-0.39, 0.29) is 22.8 Å². The molecule has 7 nitrogen and oxygen atoms in total. The maximum Gasteiger partial charge on any atom is 0.315 e. The molecular weight excluding hydrogens is 410 g/mol. The second-order valence-electron chi connectivity index (χ2n) is 6.60. The molecule has 2 aromatic rings. The van der Waals surface area contributed by atoms with E-state index in [1.54, 1.807) is 19.2 Å². The van der Waals surface area contributed by atoms with Crippen LogP contribution in [0.4, 0.5) is 4.79 Å². The summed E-state index contributed by atoms with van der Waals surface area (Å²) in [4.78, 5) is 13.1. The van der Waals surface area contributed by atoms with Crippen molar-refractivity contribution in [2.75, 3.05) is 20.2 Å². The van der Waals surface area contributed by atoms with Gasteiger partial charge in [0.15, 0.2) is 0 Å². The van der Waals surface area contributed by atoms with Crippen LogP contribution in [0, 0.1) is 6.92 Å². The Morgan fingerprint density at radius 1 is 1.21 bits per heavy atom. The molecule has 2 amide bonds. The minimum atomic E-state index is -3.48. The minimum Gasteiger partial charge on any atom is -0.496 e. The molecule has 1 aromatic carbocycles. The van der Waals surface area contributed by atoms with Gasteiger partial charge in [-0.2, -0.15) is 4.31 Å². The second kappa shape index (κ2) is 10.1. The summed E-state index contributed by atoms with van der Waals surface area (Å²) in [6, 6.07) is 8.56. The normalized spacial score (nSPS) is 12.6. The number of nitrogens with one attached hydrogen (secondary N) is 2. The van der Waals surface area contributed by atoms with Crippen LogP contribution in [-0.4, -0.2) is 39.0 Å². The van der Waals surface area contributed by atoms with E-state index in [9.17, 15) is 13.2 Å². The van der Waals surface area contributed by atoms with Gasteiger partial charge >= 0.3 is 6.03 Å². The molecule has 0 bridgehead atoms. The van der Waals surface area contributed by atoms with Crippen LogP contribution in [0.15, 0.2) is 34.5 Å². The van der Waals surface area contributed by atoms with Crippen molar-refractivity contribution in [1.82, 2.24) is 14.9 Å². The van der Waals surface area contributed by atoms with E-state index in [0.29, 0.717) is 18.8 Å². The Hall–Kier alpha value is -2.10. The topological polar surface area (TPSA) is 87.7 Å². The summed E-state index contributed by atoms with van der Waals surface area (Å²) >= 11 is 1.17. The molecular formula is C20H29N3O4S2. The smallest absolute Gasteiger partial charge is 0.315 e. The molecule has 0 aliphatic rings. The molecule has 2 N–H and O–H groups in total. The lowest BCUT2D eigenvalue weighted by atomic mass is 10.0. The highest BCUT2D eigenvalue weighted by Crippen LogP contribution is 2.26. The molecule has 0 aliphatic heterocycles. The number of nitrogens with zero attached hydrogens (tertiary/aromatic N) is 1. The number of carbonyl (C=O) groups excluding carboxylic acids is 1. The lowest BCUT2D eigenvalue weighted by Crippen LogP contribution is -2.36. The fraction of sp³-hybridized carbons (Fsp3) is 0.450. The molecule has 0 saturated carbocycles. The number of urea groups is 1. The van der Waals surface area contributed by atoms with Crippen LogP contribution in [0.3, 0.4) is 0 Å². The van der Waals surface area contributed by atoms with Gasteiger partial charge in [-0.1, -0.05) is 31.5 Å². The molecule has 1 aromatic heterocycles. The third-order valence-electron chi connectivity index (χ3n) is 4.56. The summed E-state index contributed by atoms with van der Waals surface area (Å²) in [6.07, 6.45) is 0. The summed E-state index contributed by atoms with van der Waals surface area (Å²) < 4.78 is 32.2. The minimum absolute atomic E-state index is 0.244. The molecule has 29 heavy (non-hydrogen) atoms. The standard InChI is InChI=1S/C20H29N3O4S2/c1-6-23(7-2)29(25,26)19-11-9-16(28-19)13-21-20(24)22-15(4)17-12-14(3)8-10-18(17)27-5/h8-12,15H,6-7,13H2,1-5H3,(H2,21,22,24). The molecule has 0 radical (unpaired) electrons. The van der Waals surface area contributed by atoms with E-state index in [1.165, 1.54) is 15.6 Å². The number of methoxy groups -OCH3 is 1. The van der Waals surface area contributed by atoms with Crippen LogP contribution >= 0.6 is 11.3 Å². The number of ether oxygens (including phenoxy) is 1. The number of aryl methyl sites for hydroxylation is 1. The summed E-state index contributed by atoms with van der Waals surface area (Å²) in [7, 11) is -1.88. The first-order valence-corrected chi connectivity index (χ1v) is 11.8. The van der Waals surface area contributed by atoms with E-state index < -0.39 is 10.0 Å². The van der Waals surface area contributed by atoms with E-state index in [1.807, 2.05) is 45.9 Å². The van der Waals surface area contributed by atoms with Crippen LogP contribution in [-0.2, 0) is 16.6 Å². The van der Waals surface area contributed by atoms with Gasteiger partial charge in [-0.25, -0.2) is 13.2 Å². The summed E-state index contributed by atoms with van der Waals surface area (Å²) in [6.45, 7) is 8.59. The van der Waals surface area contributed by atoms with Gasteiger partial charge in [0.2, 0.25) is 0 Å². The van der Waals surface area contributed by atoms with Gasteiger partial charge < -0.3 is 15.4 Å². The maximum atomic E-state index is 12.6. The number of benzene rings is 1. The zero-order valence-electron chi connectivity index (χ0n) is 17.5. The predicted octanol–water partition coefficient (Wildman–Crippen LogP) is 3.66. The molecule has 1 heterocycles. The van der Waals surface area contributed by atoms with E-state index in [0.717, 1.165) is 16.0 Å². The van der Waals surface area contributed by atoms with E-state index in [4.69, 9.17) is 4.74 Å². The molecule has 2 rings (SSSR count). The SMILES string of the molecule is CCN(CC)S(=O)(=O)c1ccc(CNC(=O)NC(C)c2cc(C)ccc2OC)s1. The molecule has 0 aliphatic carbocycles. The number of sulfonamides is 1. The number of amides is 2. The number of hydrogen-bond acceptors (Lipinski definition) is 5.